The van der Waals surface area contributed by atoms with Crippen molar-refractivity contribution in [3.63, 3.8) is 0 Å². The van der Waals surface area contributed by atoms with Crippen LogP contribution in [0.25, 0.3) is 0 Å². The van der Waals surface area contributed by atoms with E-state index >= 15 is 0 Å². The third kappa shape index (κ3) is 2.62. The standard InChI is InChI=1S/C18H18O8/c1-7(19)4-8-5-10(24-2)13-16(22)12-9(20)6-11(25-3)15(21)14(12)17(23)18(13)26-8/h6,8,10,22-23H,4-5H2,1-3H3. The maximum Gasteiger partial charge on any atom is 0.232 e. The molecule has 0 spiro atoms. The third-order valence-corrected chi connectivity index (χ3v) is 4.50. The fraction of sp³-hybridized carbons (Fsp3) is 0.389. The van der Waals surface area contributed by atoms with Crippen LogP contribution in [0.2, 0.25) is 0 Å². The molecule has 0 saturated carbocycles. The Kier molecular flexibility index (Phi) is 4.45. The molecule has 8 heteroatoms. The highest BCUT2D eigenvalue weighted by molar-refractivity contribution is 6.26. The molecule has 138 valence electrons. The molecule has 1 aliphatic carbocycles. The molecule has 0 bridgehead atoms. The molecule has 26 heavy (non-hydrogen) atoms. The minimum absolute atomic E-state index is 0.0761. The van der Waals surface area contributed by atoms with E-state index in [1.54, 1.807) is 0 Å². The molecular weight excluding hydrogens is 344 g/mol. The molecule has 1 aliphatic heterocycles. The van der Waals surface area contributed by atoms with Crippen molar-refractivity contribution in [2.24, 2.45) is 0 Å². The van der Waals surface area contributed by atoms with Crippen LogP contribution < -0.4 is 4.74 Å². The van der Waals surface area contributed by atoms with Gasteiger partial charge < -0.3 is 24.4 Å². The lowest BCUT2D eigenvalue weighted by atomic mass is 9.85. The third-order valence-electron chi connectivity index (χ3n) is 4.50. The first kappa shape index (κ1) is 17.9. The van der Waals surface area contributed by atoms with E-state index in [2.05, 4.69) is 0 Å². The molecule has 1 aromatic carbocycles. The van der Waals surface area contributed by atoms with Crippen LogP contribution in [0.1, 0.15) is 52.1 Å². The maximum absolute atomic E-state index is 12.5. The number of hydrogen-bond donors (Lipinski definition) is 2. The number of carbonyl (C=O) groups is 3. The minimum atomic E-state index is -0.746. The second kappa shape index (κ2) is 6.45. The number of ether oxygens (including phenoxy) is 3. The topological polar surface area (TPSA) is 119 Å². The van der Waals surface area contributed by atoms with Gasteiger partial charge in [-0.25, -0.2) is 0 Å². The van der Waals surface area contributed by atoms with Crippen molar-refractivity contribution in [2.45, 2.75) is 32.0 Å². The lowest BCUT2D eigenvalue weighted by molar-refractivity contribution is -0.119. The van der Waals surface area contributed by atoms with Gasteiger partial charge in [-0.1, -0.05) is 0 Å². The summed E-state index contributed by atoms with van der Waals surface area (Å²) in [5.41, 5.74) is -0.620. The lowest BCUT2D eigenvalue weighted by Crippen LogP contribution is -2.30. The van der Waals surface area contributed by atoms with Gasteiger partial charge in [-0.05, 0) is 6.92 Å². The van der Waals surface area contributed by atoms with Gasteiger partial charge in [0.05, 0.1) is 29.9 Å². The van der Waals surface area contributed by atoms with E-state index < -0.39 is 35.3 Å². The van der Waals surface area contributed by atoms with Gasteiger partial charge in [-0.2, -0.15) is 0 Å². The Morgan fingerprint density at radius 2 is 1.92 bits per heavy atom. The molecule has 2 unspecified atom stereocenters. The number of phenols is 2. The predicted octanol–water partition coefficient (Wildman–Crippen LogP) is 1.82. The maximum atomic E-state index is 12.5. The summed E-state index contributed by atoms with van der Waals surface area (Å²) in [6.07, 6.45) is -0.0292. The van der Waals surface area contributed by atoms with E-state index in [9.17, 15) is 24.6 Å². The molecule has 2 aliphatic rings. The van der Waals surface area contributed by atoms with E-state index in [0.717, 1.165) is 6.08 Å². The van der Waals surface area contributed by atoms with Gasteiger partial charge in [-0.15, -0.1) is 0 Å². The molecule has 0 amide bonds. The van der Waals surface area contributed by atoms with Crippen LogP contribution in [0.5, 0.6) is 17.2 Å². The molecule has 2 N–H and O–H groups in total. The van der Waals surface area contributed by atoms with Crippen molar-refractivity contribution in [3.8, 4) is 17.2 Å². The Morgan fingerprint density at radius 1 is 1.23 bits per heavy atom. The molecule has 1 aromatic rings. The average molecular weight is 362 g/mol. The van der Waals surface area contributed by atoms with Gasteiger partial charge >= 0.3 is 0 Å². The van der Waals surface area contributed by atoms with Crippen molar-refractivity contribution in [1.29, 1.82) is 0 Å². The van der Waals surface area contributed by atoms with Crippen LogP contribution in [0.4, 0.5) is 0 Å². The summed E-state index contributed by atoms with van der Waals surface area (Å²) in [6, 6.07) is 0. The van der Waals surface area contributed by atoms with Gasteiger partial charge in [0, 0.05) is 26.0 Å². The van der Waals surface area contributed by atoms with Crippen molar-refractivity contribution in [2.75, 3.05) is 14.2 Å². The minimum Gasteiger partial charge on any atom is -0.507 e. The summed E-state index contributed by atoms with van der Waals surface area (Å²) in [6.45, 7) is 1.41. The Labute approximate surface area is 149 Å². The molecule has 0 radical (unpaired) electrons. The normalized spacial score (nSPS) is 21.4. The zero-order valence-corrected chi connectivity index (χ0v) is 14.5. The van der Waals surface area contributed by atoms with Crippen molar-refractivity contribution in [1.82, 2.24) is 0 Å². The molecule has 0 saturated heterocycles. The number of phenolic OH excluding ortho intramolecular Hbond substituents is 2. The van der Waals surface area contributed by atoms with Crippen LogP contribution in [0, 0.1) is 0 Å². The SMILES string of the molecule is COC1=CC(=O)c2c(O)c3c(c(O)c2C1=O)OC(CC(C)=O)CC3OC. The molecule has 3 rings (SSSR count). The van der Waals surface area contributed by atoms with Crippen molar-refractivity contribution in [3.05, 3.63) is 28.5 Å². The van der Waals surface area contributed by atoms with E-state index in [0.29, 0.717) is 0 Å². The molecule has 0 fully saturated rings. The first-order valence-electron chi connectivity index (χ1n) is 7.95. The zero-order valence-electron chi connectivity index (χ0n) is 14.5. The fourth-order valence-electron chi connectivity index (χ4n) is 3.36. The number of methoxy groups -OCH3 is 2. The average Bonchev–Trinajstić information content (AvgIpc) is 2.59. The largest absolute Gasteiger partial charge is 0.507 e. The molecule has 2 atom stereocenters. The first-order chi connectivity index (χ1) is 12.3. The number of carbonyl (C=O) groups excluding carboxylic acids is 3. The molecule has 1 heterocycles. The van der Waals surface area contributed by atoms with Gasteiger partial charge in [0.25, 0.3) is 0 Å². The van der Waals surface area contributed by atoms with Crippen molar-refractivity contribution >= 4 is 17.3 Å². The first-order valence-corrected chi connectivity index (χ1v) is 7.95. The van der Waals surface area contributed by atoms with Gasteiger partial charge in [-0.3, -0.25) is 14.4 Å². The highest BCUT2D eigenvalue weighted by Crippen LogP contribution is 2.52. The van der Waals surface area contributed by atoms with E-state index in [1.807, 2.05) is 0 Å². The van der Waals surface area contributed by atoms with Gasteiger partial charge in [0.1, 0.15) is 17.6 Å². The van der Waals surface area contributed by atoms with Crippen LogP contribution >= 0.6 is 0 Å². The van der Waals surface area contributed by atoms with Gasteiger partial charge in [0.2, 0.25) is 5.78 Å². The quantitative estimate of drug-likeness (QED) is 0.779. The molecular formula is C18H18O8. The predicted molar refractivity (Wildman–Crippen MR) is 87.6 cm³/mol. The fourth-order valence-corrected chi connectivity index (χ4v) is 3.36. The lowest BCUT2D eigenvalue weighted by Gasteiger charge is -2.33. The number of fused-ring (bicyclic) bond motifs is 2. The number of benzene rings is 1. The molecule has 8 nitrogen and oxygen atoms in total. The number of hydrogen-bond acceptors (Lipinski definition) is 8. The number of ketones is 3. The number of rotatable bonds is 4. The summed E-state index contributed by atoms with van der Waals surface area (Å²) >= 11 is 0. The smallest absolute Gasteiger partial charge is 0.232 e. The highest BCUT2D eigenvalue weighted by atomic mass is 16.5. The Bertz CT molecular complexity index is 851. The Balaban J connectivity index is 2.23. The summed E-state index contributed by atoms with van der Waals surface area (Å²) in [5.74, 6) is -3.02. The number of Topliss-reactive ketones (excluding diaryl/α,β-unsaturated/α-hetero) is 2. The summed E-state index contributed by atoms with van der Waals surface area (Å²) in [7, 11) is 2.62. The second-order valence-electron chi connectivity index (χ2n) is 6.20. The monoisotopic (exact) mass is 362 g/mol. The summed E-state index contributed by atoms with van der Waals surface area (Å²) < 4.78 is 15.9. The van der Waals surface area contributed by atoms with Crippen LogP contribution in [-0.2, 0) is 14.3 Å². The Hall–Kier alpha value is -2.87. The van der Waals surface area contributed by atoms with Crippen LogP contribution in [-0.4, -0.2) is 47.9 Å². The van der Waals surface area contributed by atoms with Gasteiger partial charge in [0.15, 0.2) is 23.0 Å². The summed E-state index contributed by atoms with van der Waals surface area (Å²) in [5, 5.41) is 21.3. The second-order valence-corrected chi connectivity index (χ2v) is 6.20. The number of aromatic hydroxyl groups is 2. The van der Waals surface area contributed by atoms with E-state index in [-0.39, 0.29) is 46.8 Å². The summed E-state index contributed by atoms with van der Waals surface area (Å²) in [4.78, 5) is 36.3. The zero-order chi connectivity index (χ0) is 19.2. The molecule has 0 aromatic heterocycles. The van der Waals surface area contributed by atoms with E-state index in [1.165, 1.54) is 21.1 Å². The Morgan fingerprint density at radius 3 is 2.50 bits per heavy atom. The van der Waals surface area contributed by atoms with E-state index in [4.69, 9.17) is 14.2 Å². The number of allylic oxidation sites excluding steroid dienone is 2. The van der Waals surface area contributed by atoms with Crippen LogP contribution in [0.3, 0.4) is 0 Å². The highest BCUT2D eigenvalue weighted by Gasteiger charge is 2.41. The van der Waals surface area contributed by atoms with Crippen LogP contribution in [0.15, 0.2) is 11.8 Å². The van der Waals surface area contributed by atoms with Crippen molar-refractivity contribution < 1.29 is 38.8 Å².